The van der Waals surface area contributed by atoms with Crippen LogP contribution in [0, 0.1) is 19.3 Å². The van der Waals surface area contributed by atoms with Crippen molar-refractivity contribution in [3.05, 3.63) is 82.0 Å². The van der Waals surface area contributed by atoms with Crippen molar-refractivity contribution in [3.8, 4) is 5.75 Å². The van der Waals surface area contributed by atoms with Crippen molar-refractivity contribution in [2.75, 3.05) is 5.32 Å². The molecule has 2 rings (SSSR count). The first-order chi connectivity index (χ1) is 14.5. The van der Waals surface area contributed by atoms with E-state index in [0.717, 1.165) is 16.7 Å². The van der Waals surface area contributed by atoms with E-state index in [1.807, 2.05) is 32.9 Å². The number of rotatable bonds is 6. The Morgan fingerprint density at radius 1 is 1.06 bits per heavy atom. The van der Waals surface area contributed by atoms with Gasteiger partial charge in [0.2, 0.25) is 5.91 Å². The molecule has 0 unspecified atom stereocenters. The van der Waals surface area contributed by atoms with E-state index in [1.165, 1.54) is 36.0 Å². The van der Waals surface area contributed by atoms with Crippen LogP contribution in [0.2, 0.25) is 0 Å². The number of aromatic hydroxyl groups is 1. The number of carbonyl (C=O) groups excluding carboxylic acids is 1. The van der Waals surface area contributed by atoms with Gasteiger partial charge in [-0.1, -0.05) is 55.4 Å². The summed E-state index contributed by atoms with van der Waals surface area (Å²) < 4.78 is 0. The van der Waals surface area contributed by atoms with Gasteiger partial charge >= 0.3 is 0 Å². The molecule has 1 aliphatic carbocycles. The first kappa shape index (κ1) is 24.5. The van der Waals surface area contributed by atoms with Crippen molar-refractivity contribution in [3.63, 3.8) is 0 Å². The average molecular weight is 420 g/mol. The summed E-state index contributed by atoms with van der Waals surface area (Å²) in [7, 11) is 0. The van der Waals surface area contributed by atoms with Gasteiger partial charge in [0.05, 0.1) is 0 Å². The largest absolute Gasteiger partial charge is 0.508 e. The minimum absolute atomic E-state index is 0.183. The summed E-state index contributed by atoms with van der Waals surface area (Å²) in [6, 6.07) is 3.44. The number of allylic oxidation sites excluding steroid dienone is 9. The predicted octanol–water partition coefficient (Wildman–Crippen LogP) is 7.48. The summed E-state index contributed by atoms with van der Waals surface area (Å²) >= 11 is 0. The number of benzene rings is 1. The number of phenolic OH excluding ortho intramolecular Hbond substituents is 1. The van der Waals surface area contributed by atoms with E-state index in [4.69, 9.17) is 0 Å². The lowest BCUT2D eigenvalue weighted by Gasteiger charge is -2.32. The molecule has 0 fully saturated rings. The van der Waals surface area contributed by atoms with E-state index in [1.54, 1.807) is 18.2 Å². The highest BCUT2D eigenvalue weighted by Crippen LogP contribution is 2.40. The van der Waals surface area contributed by atoms with Crippen LogP contribution < -0.4 is 5.32 Å². The minimum Gasteiger partial charge on any atom is -0.508 e. The molecule has 1 aromatic rings. The van der Waals surface area contributed by atoms with Crippen molar-refractivity contribution in [2.24, 2.45) is 5.41 Å². The van der Waals surface area contributed by atoms with E-state index in [2.05, 4.69) is 51.2 Å². The molecule has 1 amide bonds. The number of aryl methyl sites for hydroxylation is 2. The van der Waals surface area contributed by atoms with E-state index < -0.39 is 0 Å². The number of nitrogens with one attached hydrogen (secondary N) is 1. The highest BCUT2D eigenvalue weighted by Gasteiger charge is 2.26. The molecular formula is C28H37NO2. The maximum Gasteiger partial charge on any atom is 0.248 e. The van der Waals surface area contributed by atoms with Gasteiger partial charge in [-0.05, 0) is 93.7 Å². The molecule has 0 atom stereocenters. The maximum absolute atomic E-state index is 12.3. The normalized spacial score (nSPS) is 17.6. The molecule has 166 valence electrons. The third-order valence-corrected chi connectivity index (χ3v) is 5.93. The number of hydrogen-bond donors (Lipinski definition) is 2. The van der Waals surface area contributed by atoms with E-state index in [-0.39, 0.29) is 17.1 Å². The minimum atomic E-state index is -0.183. The van der Waals surface area contributed by atoms with Gasteiger partial charge in [-0.25, -0.2) is 0 Å². The molecule has 0 bridgehead atoms. The van der Waals surface area contributed by atoms with E-state index in [0.29, 0.717) is 5.69 Å². The molecule has 0 aromatic heterocycles. The first-order valence-electron chi connectivity index (χ1n) is 11.0. The van der Waals surface area contributed by atoms with Crippen molar-refractivity contribution < 1.29 is 9.90 Å². The molecule has 2 N–H and O–H groups in total. The van der Waals surface area contributed by atoms with Gasteiger partial charge in [-0.15, -0.1) is 0 Å². The summed E-state index contributed by atoms with van der Waals surface area (Å²) in [5.41, 5.74) is 7.52. The lowest BCUT2D eigenvalue weighted by Crippen LogP contribution is -2.19. The van der Waals surface area contributed by atoms with Crippen molar-refractivity contribution >= 4 is 11.6 Å². The molecule has 0 spiro atoms. The Morgan fingerprint density at radius 3 is 2.45 bits per heavy atom. The van der Waals surface area contributed by atoms with Crippen molar-refractivity contribution in [1.82, 2.24) is 0 Å². The van der Waals surface area contributed by atoms with Gasteiger partial charge in [0.1, 0.15) is 5.75 Å². The fraction of sp³-hybridized carbons (Fsp3) is 0.393. The summed E-state index contributed by atoms with van der Waals surface area (Å²) in [5.74, 6) is 0.0535. The van der Waals surface area contributed by atoms with Gasteiger partial charge in [0.25, 0.3) is 0 Å². The fourth-order valence-electron chi connectivity index (χ4n) is 3.99. The Bertz CT molecular complexity index is 985. The third kappa shape index (κ3) is 7.13. The summed E-state index contributed by atoms with van der Waals surface area (Å²) in [5, 5.41) is 12.6. The Balaban J connectivity index is 2.01. The number of anilines is 1. The van der Waals surface area contributed by atoms with E-state index >= 15 is 0 Å². The summed E-state index contributed by atoms with van der Waals surface area (Å²) in [6.45, 7) is 14.6. The molecule has 3 nitrogen and oxygen atoms in total. The van der Waals surface area contributed by atoms with Gasteiger partial charge < -0.3 is 10.4 Å². The zero-order valence-electron chi connectivity index (χ0n) is 20.1. The van der Waals surface area contributed by atoms with Gasteiger partial charge in [0.15, 0.2) is 0 Å². The molecule has 0 aliphatic heterocycles. The van der Waals surface area contributed by atoms with Crippen LogP contribution in [0.1, 0.15) is 65.0 Å². The molecule has 31 heavy (non-hydrogen) atoms. The van der Waals surface area contributed by atoms with Crippen LogP contribution in [0.5, 0.6) is 5.75 Å². The zero-order valence-corrected chi connectivity index (χ0v) is 20.1. The second-order valence-electron chi connectivity index (χ2n) is 9.37. The monoisotopic (exact) mass is 419 g/mol. The van der Waals surface area contributed by atoms with Crippen LogP contribution in [0.3, 0.4) is 0 Å². The Hall–Kier alpha value is -2.81. The lowest BCUT2D eigenvalue weighted by atomic mass is 9.72. The summed E-state index contributed by atoms with van der Waals surface area (Å²) in [6.07, 6.45) is 15.7. The van der Waals surface area contributed by atoms with Crippen molar-refractivity contribution in [1.29, 1.82) is 0 Å². The van der Waals surface area contributed by atoms with Crippen LogP contribution >= 0.6 is 0 Å². The fourth-order valence-corrected chi connectivity index (χ4v) is 3.99. The molecule has 0 saturated carbocycles. The van der Waals surface area contributed by atoms with Gasteiger partial charge in [0, 0.05) is 11.8 Å². The maximum atomic E-state index is 12.3. The Labute approximate surface area is 188 Å². The molecule has 3 heteroatoms. The van der Waals surface area contributed by atoms with Crippen LogP contribution in [0.15, 0.2) is 70.9 Å². The number of carbonyl (C=O) groups is 1. The number of phenols is 1. The molecule has 0 saturated heterocycles. The second-order valence-corrected chi connectivity index (χ2v) is 9.37. The quantitative estimate of drug-likeness (QED) is 0.285. The number of hydrogen-bond acceptors (Lipinski definition) is 2. The van der Waals surface area contributed by atoms with Crippen LogP contribution in [-0.2, 0) is 4.79 Å². The number of amides is 1. The standard InChI is InChI=1S/C28H37NO2/c1-19(13-14-24-21(3)12-9-15-28(24,6)7)10-8-11-20(2)16-27(31)29-25-17-23(5)26(30)18-22(25)4/h8,10-11,13-14,16-18,30H,9,12,15H2,1-7H3,(H,29,31)/b11-8+,14-13+,19-10+,20-16+. The Kier molecular flexibility index (Phi) is 8.27. The van der Waals surface area contributed by atoms with Gasteiger partial charge in [-0.2, -0.15) is 0 Å². The third-order valence-electron chi connectivity index (χ3n) is 5.93. The van der Waals surface area contributed by atoms with Crippen molar-refractivity contribution in [2.45, 2.75) is 67.7 Å². The second kappa shape index (κ2) is 10.5. The average Bonchev–Trinajstić information content (AvgIpc) is 2.65. The topological polar surface area (TPSA) is 49.3 Å². The van der Waals surface area contributed by atoms with Crippen LogP contribution in [0.25, 0.3) is 0 Å². The Morgan fingerprint density at radius 2 is 1.77 bits per heavy atom. The molecule has 0 radical (unpaired) electrons. The smallest absolute Gasteiger partial charge is 0.248 e. The van der Waals surface area contributed by atoms with E-state index in [9.17, 15) is 9.90 Å². The predicted molar refractivity (Wildman–Crippen MR) is 132 cm³/mol. The highest BCUT2D eigenvalue weighted by atomic mass is 16.3. The summed E-state index contributed by atoms with van der Waals surface area (Å²) in [4.78, 5) is 12.3. The molecule has 0 heterocycles. The lowest BCUT2D eigenvalue weighted by molar-refractivity contribution is -0.111. The first-order valence-corrected chi connectivity index (χ1v) is 11.0. The SMILES string of the molecule is CC1=C(/C=C/C(C)=C/C=C/C(C)=C/C(=O)Nc2cc(C)c(O)cc2C)C(C)(C)CCC1. The van der Waals surface area contributed by atoms with Crippen LogP contribution in [-0.4, -0.2) is 11.0 Å². The molecule has 1 aliphatic rings. The molecular weight excluding hydrogens is 382 g/mol. The highest BCUT2D eigenvalue weighted by molar-refractivity contribution is 6.00. The van der Waals surface area contributed by atoms with Gasteiger partial charge in [-0.3, -0.25) is 4.79 Å². The van der Waals surface area contributed by atoms with Crippen LogP contribution in [0.4, 0.5) is 5.69 Å². The molecule has 1 aromatic carbocycles. The zero-order chi connectivity index (χ0) is 23.2.